The van der Waals surface area contributed by atoms with E-state index in [4.69, 9.17) is 0 Å². The number of carbonyl (C=O) groups is 1. The Balaban J connectivity index is 1.63. The maximum atomic E-state index is 14.3. The summed E-state index contributed by atoms with van der Waals surface area (Å²) < 4.78 is 17.3. The Kier molecular flexibility index (Phi) is 5.03. The van der Waals surface area contributed by atoms with E-state index in [2.05, 4.69) is 36.0 Å². The van der Waals surface area contributed by atoms with Crippen LogP contribution >= 0.6 is 15.9 Å². The number of nitrogens with zero attached hydrogens (tertiary/aromatic N) is 3. The van der Waals surface area contributed by atoms with E-state index >= 15 is 0 Å². The minimum Gasteiger partial charge on any atom is -0.319 e. The fourth-order valence-electron chi connectivity index (χ4n) is 3.25. The lowest BCUT2D eigenvalue weighted by atomic mass is 10.1. The summed E-state index contributed by atoms with van der Waals surface area (Å²) >= 11 is 3.33. The van der Waals surface area contributed by atoms with Gasteiger partial charge in [-0.15, -0.1) is 10.2 Å². The Labute approximate surface area is 164 Å². The van der Waals surface area contributed by atoms with Crippen LogP contribution in [0, 0.1) is 5.82 Å². The summed E-state index contributed by atoms with van der Waals surface area (Å²) in [7, 11) is 0. The van der Waals surface area contributed by atoms with Gasteiger partial charge in [-0.3, -0.25) is 4.79 Å². The molecule has 0 fully saturated rings. The first-order valence-electron chi connectivity index (χ1n) is 8.91. The molecule has 2 aromatic carbocycles. The predicted molar refractivity (Wildman–Crippen MR) is 105 cm³/mol. The Morgan fingerprint density at radius 3 is 2.70 bits per heavy atom. The van der Waals surface area contributed by atoms with Crippen LogP contribution < -0.4 is 5.32 Å². The molecular weight excluding hydrogens is 411 g/mol. The number of nitrogens with one attached hydrogen (secondary N) is 1. The standard InChI is InChI=1S/C20H18BrFN4O/c21-15-8-5-13(6-9-15)20(27)23-17-12-14(7-10-16(17)22)19-25-24-18-4-2-1-3-11-26(18)19/h5-10,12H,1-4,11H2,(H,23,27). The third-order valence-corrected chi connectivity index (χ3v) is 5.22. The fraction of sp³-hybridized carbons (Fsp3) is 0.250. The van der Waals surface area contributed by atoms with Crippen molar-refractivity contribution in [3.05, 3.63) is 64.1 Å². The molecule has 2 heterocycles. The quantitative estimate of drug-likeness (QED) is 0.649. The normalized spacial score (nSPS) is 13.7. The zero-order chi connectivity index (χ0) is 18.8. The van der Waals surface area contributed by atoms with Crippen LogP contribution in [0.15, 0.2) is 46.9 Å². The summed E-state index contributed by atoms with van der Waals surface area (Å²) in [5, 5.41) is 11.2. The van der Waals surface area contributed by atoms with Crippen LogP contribution in [0.1, 0.15) is 35.4 Å². The number of fused-ring (bicyclic) bond motifs is 1. The zero-order valence-electron chi connectivity index (χ0n) is 14.6. The summed E-state index contributed by atoms with van der Waals surface area (Å²) in [6.45, 7) is 0.857. The second-order valence-corrected chi connectivity index (χ2v) is 7.47. The number of anilines is 1. The minimum absolute atomic E-state index is 0.131. The molecule has 3 aromatic rings. The predicted octanol–water partition coefficient (Wildman–Crippen LogP) is 4.83. The molecule has 138 valence electrons. The molecule has 1 amide bonds. The van der Waals surface area contributed by atoms with E-state index in [9.17, 15) is 9.18 Å². The maximum absolute atomic E-state index is 14.3. The van der Waals surface area contributed by atoms with Crippen molar-refractivity contribution < 1.29 is 9.18 Å². The van der Waals surface area contributed by atoms with Gasteiger partial charge < -0.3 is 9.88 Å². The highest BCUT2D eigenvalue weighted by molar-refractivity contribution is 9.10. The second-order valence-electron chi connectivity index (χ2n) is 6.56. The van der Waals surface area contributed by atoms with E-state index in [0.29, 0.717) is 11.4 Å². The largest absolute Gasteiger partial charge is 0.319 e. The number of halogens is 2. The summed E-state index contributed by atoms with van der Waals surface area (Å²) in [4.78, 5) is 12.4. The van der Waals surface area contributed by atoms with Gasteiger partial charge in [-0.05, 0) is 55.3 Å². The molecule has 0 saturated heterocycles. The molecule has 0 unspecified atom stereocenters. The molecule has 4 rings (SSSR count). The van der Waals surface area contributed by atoms with Gasteiger partial charge in [-0.1, -0.05) is 22.4 Å². The van der Waals surface area contributed by atoms with Crippen LogP contribution in [-0.4, -0.2) is 20.7 Å². The number of aromatic nitrogens is 3. The monoisotopic (exact) mass is 428 g/mol. The van der Waals surface area contributed by atoms with Gasteiger partial charge in [0.15, 0.2) is 5.82 Å². The van der Waals surface area contributed by atoms with E-state index in [-0.39, 0.29) is 11.6 Å². The van der Waals surface area contributed by atoms with Gasteiger partial charge in [-0.25, -0.2) is 4.39 Å². The number of rotatable bonds is 3. The molecule has 1 N–H and O–H groups in total. The molecule has 7 heteroatoms. The van der Waals surface area contributed by atoms with Gasteiger partial charge in [0, 0.05) is 28.6 Å². The van der Waals surface area contributed by atoms with Gasteiger partial charge >= 0.3 is 0 Å². The molecule has 0 radical (unpaired) electrons. The molecule has 1 aliphatic rings. The Hall–Kier alpha value is -2.54. The third-order valence-electron chi connectivity index (χ3n) is 4.69. The minimum atomic E-state index is -0.486. The summed E-state index contributed by atoms with van der Waals surface area (Å²) in [6, 6.07) is 11.5. The summed E-state index contributed by atoms with van der Waals surface area (Å²) in [6.07, 6.45) is 4.25. The Morgan fingerprint density at radius 2 is 1.89 bits per heavy atom. The molecule has 0 spiro atoms. The number of carbonyl (C=O) groups excluding carboxylic acids is 1. The van der Waals surface area contributed by atoms with Crippen molar-refractivity contribution in [1.82, 2.24) is 14.8 Å². The first-order chi connectivity index (χ1) is 13.1. The van der Waals surface area contributed by atoms with E-state index in [0.717, 1.165) is 41.7 Å². The lowest BCUT2D eigenvalue weighted by Crippen LogP contribution is -2.13. The van der Waals surface area contributed by atoms with Crippen LogP contribution in [0.5, 0.6) is 0 Å². The lowest BCUT2D eigenvalue weighted by Gasteiger charge is -2.10. The van der Waals surface area contributed by atoms with Crippen molar-refractivity contribution in [3.63, 3.8) is 0 Å². The van der Waals surface area contributed by atoms with E-state index in [1.165, 1.54) is 12.5 Å². The zero-order valence-corrected chi connectivity index (χ0v) is 16.2. The van der Waals surface area contributed by atoms with Gasteiger partial charge in [-0.2, -0.15) is 0 Å². The highest BCUT2D eigenvalue weighted by atomic mass is 79.9. The number of hydrogen-bond donors (Lipinski definition) is 1. The smallest absolute Gasteiger partial charge is 0.255 e. The average molecular weight is 429 g/mol. The van der Waals surface area contributed by atoms with Crippen LogP contribution in [0.2, 0.25) is 0 Å². The van der Waals surface area contributed by atoms with Crippen molar-refractivity contribution >= 4 is 27.5 Å². The molecule has 0 saturated carbocycles. The molecule has 1 aliphatic heterocycles. The lowest BCUT2D eigenvalue weighted by molar-refractivity contribution is 0.102. The Morgan fingerprint density at radius 1 is 1.07 bits per heavy atom. The average Bonchev–Trinajstić information content (AvgIpc) is 2.92. The van der Waals surface area contributed by atoms with Crippen molar-refractivity contribution in [2.24, 2.45) is 0 Å². The highest BCUT2D eigenvalue weighted by Crippen LogP contribution is 2.27. The van der Waals surface area contributed by atoms with Gasteiger partial charge in [0.05, 0.1) is 5.69 Å². The fourth-order valence-corrected chi connectivity index (χ4v) is 3.52. The molecule has 27 heavy (non-hydrogen) atoms. The van der Waals surface area contributed by atoms with Gasteiger partial charge in [0.25, 0.3) is 5.91 Å². The summed E-state index contributed by atoms with van der Waals surface area (Å²) in [5.41, 5.74) is 1.33. The van der Waals surface area contributed by atoms with Crippen LogP contribution in [0.3, 0.4) is 0 Å². The van der Waals surface area contributed by atoms with Crippen molar-refractivity contribution in [2.75, 3.05) is 5.32 Å². The molecule has 5 nitrogen and oxygen atoms in total. The Bertz CT molecular complexity index is 984. The van der Waals surface area contributed by atoms with E-state index in [1.54, 1.807) is 36.4 Å². The number of aryl methyl sites for hydroxylation is 1. The van der Waals surface area contributed by atoms with Crippen molar-refractivity contribution in [2.45, 2.75) is 32.2 Å². The van der Waals surface area contributed by atoms with Crippen molar-refractivity contribution in [1.29, 1.82) is 0 Å². The first kappa shape index (κ1) is 17.9. The SMILES string of the molecule is O=C(Nc1cc(-c2nnc3n2CCCCC3)ccc1F)c1ccc(Br)cc1. The van der Waals surface area contributed by atoms with Crippen molar-refractivity contribution in [3.8, 4) is 11.4 Å². The highest BCUT2D eigenvalue weighted by Gasteiger charge is 2.18. The summed E-state index contributed by atoms with van der Waals surface area (Å²) in [5.74, 6) is 0.830. The first-order valence-corrected chi connectivity index (χ1v) is 9.70. The molecule has 0 atom stereocenters. The number of benzene rings is 2. The van der Waals surface area contributed by atoms with Gasteiger partial charge in [0.2, 0.25) is 0 Å². The van der Waals surface area contributed by atoms with Gasteiger partial charge in [0.1, 0.15) is 11.6 Å². The van der Waals surface area contributed by atoms with E-state index in [1.807, 2.05) is 0 Å². The number of hydrogen-bond acceptors (Lipinski definition) is 3. The molecular formula is C20H18BrFN4O. The molecule has 1 aromatic heterocycles. The molecule has 0 aliphatic carbocycles. The molecule has 0 bridgehead atoms. The number of amides is 1. The third kappa shape index (κ3) is 3.78. The topological polar surface area (TPSA) is 59.8 Å². The van der Waals surface area contributed by atoms with Crippen LogP contribution in [0.25, 0.3) is 11.4 Å². The van der Waals surface area contributed by atoms with Crippen LogP contribution in [0.4, 0.5) is 10.1 Å². The van der Waals surface area contributed by atoms with E-state index < -0.39 is 5.82 Å². The maximum Gasteiger partial charge on any atom is 0.255 e. The second kappa shape index (κ2) is 7.60. The van der Waals surface area contributed by atoms with Crippen LogP contribution in [-0.2, 0) is 13.0 Å².